The van der Waals surface area contributed by atoms with E-state index in [1.165, 1.54) is 0 Å². The summed E-state index contributed by atoms with van der Waals surface area (Å²) < 4.78 is 7.50. The number of ketones is 1. The Bertz CT molecular complexity index is 1060. The summed E-state index contributed by atoms with van der Waals surface area (Å²) in [6.07, 6.45) is 8.69. The van der Waals surface area contributed by atoms with E-state index in [0.717, 1.165) is 31.4 Å². The molecule has 8 heteroatoms. The molecule has 1 saturated carbocycles. The Morgan fingerprint density at radius 2 is 2.06 bits per heavy atom. The van der Waals surface area contributed by atoms with Crippen LogP contribution in [0.1, 0.15) is 49.9 Å². The maximum Gasteiger partial charge on any atom is 0.252 e. The zero-order valence-corrected chi connectivity index (χ0v) is 19.1. The number of Topliss-reactive ketones (excluding diaryl/α,β-unsaturated/α-hetero) is 1. The number of rotatable bonds is 5. The second kappa shape index (κ2) is 8.41. The van der Waals surface area contributed by atoms with E-state index in [1.807, 2.05) is 29.8 Å². The van der Waals surface area contributed by atoms with E-state index in [4.69, 9.17) is 4.74 Å². The molecule has 33 heavy (non-hydrogen) atoms. The van der Waals surface area contributed by atoms with Crippen LogP contribution in [0.15, 0.2) is 43.0 Å². The van der Waals surface area contributed by atoms with Crippen LogP contribution in [0.4, 0.5) is 0 Å². The molecule has 1 aromatic heterocycles. The molecule has 3 fully saturated rings. The first-order valence-electron chi connectivity index (χ1n) is 11.7. The van der Waals surface area contributed by atoms with Crippen molar-refractivity contribution >= 4 is 17.6 Å². The number of nitrogens with one attached hydrogen (secondary N) is 1. The molecule has 3 aliphatic rings. The summed E-state index contributed by atoms with van der Waals surface area (Å²) in [6, 6.07) is 6.02. The summed E-state index contributed by atoms with van der Waals surface area (Å²) >= 11 is 0. The highest BCUT2D eigenvalue weighted by atomic mass is 16.5. The molecular weight excluding hydrogens is 420 g/mol. The van der Waals surface area contributed by atoms with Crippen molar-refractivity contribution in [3.05, 3.63) is 48.5 Å². The predicted octanol–water partition coefficient (Wildman–Crippen LogP) is 2.37. The maximum absolute atomic E-state index is 13.9. The van der Waals surface area contributed by atoms with Gasteiger partial charge in [-0.1, -0.05) is 32.8 Å². The Hall–Kier alpha value is -3.00. The van der Waals surface area contributed by atoms with Crippen molar-refractivity contribution < 1.29 is 19.1 Å². The molecule has 3 heterocycles. The van der Waals surface area contributed by atoms with E-state index < -0.39 is 12.1 Å². The van der Waals surface area contributed by atoms with E-state index in [2.05, 4.69) is 17.2 Å². The van der Waals surface area contributed by atoms with Gasteiger partial charge in [-0.15, -0.1) is 0 Å². The van der Waals surface area contributed by atoms with Gasteiger partial charge in [0.2, 0.25) is 5.91 Å². The number of benzene rings is 1. The molecule has 2 saturated heterocycles. The molecule has 5 rings (SSSR count). The lowest BCUT2D eigenvalue weighted by Crippen LogP contribution is -2.57. The Labute approximate surface area is 193 Å². The molecule has 1 N–H and O–H groups in total. The van der Waals surface area contributed by atoms with Gasteiger partial charge in [-0.3, -0.25) is 14.4 Å². The first-order chi connectivity index (χ1) is 15.9. The SMILES string of the molecule is C[C@H]1CN(C(=O)[C@@H](NC(=O)c2cccc(-n3ccnc3)c2)C2(C)CCCC2)[C@@H]2C(=O)CO[C@@H]21. The molecule has 1 aromatic carbocycles. The number of hydrogen-bond donors (Lipinski definition) is 1. The number of likely N-dealkylation sites (tertiary alicyclic amines) is 1. The number of ether oxygens (including phenoxy) is 1. The zero-order valence-electron chi connectivity index (χ0n) is 19.1. The van der Waals surface area contributed by atoms with Crippen molar-refractivity contribution in [2.75, 3.05) is 13.2 Å². The number of aromatic nitrogens is 2. The third-order valence-corrected chi connectivity index (χ3v) is 7.60. The minimum absolute atomic E-state index is 0.0487. The second-order valence-electron chi connectivity index (χ2n) is 9.94. The molecule has 2 amide bonds. The van der Waals surface area contributed by atoms with Crippen molar-refractivity contribution in [3.8, 4) is 5.69 Å². The van der Waals surface area contributed by atoms with Crippen LogP contribution >= 0.6 is 0 Å². The van der Waals surface area contributed by atoms with Gasteiger partial charge in [-0.2, -0.15) is 0 Å². The van der Waals surface area contributed by atoms with Crippen molar-refractivity contribution in [2.45, 2.75) is 57.7 Å². The maximum atomic E-state index is 13.9. The average Bonchev–Trinajstić information content (AvgIpc) is 3.60. The molecule has 8 nitrogen and oxygen atoms in total. The third kappa shape index (κ3) is 3.86. The van der Waals surface area contributed by atoms with Crippen molar-refractivity contribution in [1.82, 2.24) is 19.8 Å². The van der Waals surface area contributed by atoms with E-state index in [-0.39, 0.29) is 41.6 Å². The lowest BCUT2D eigenvalue weighted by Gasteiger charge is -2.37. The Morgan fingerprint density at radius 1 is 1.27 bits per heavy atom. The largest absolute Gasteiger partial charge is 0.367 e. The quantitative estimate of drug-likeness (QED) is 0.755. The highest BCUT2D eigenvalue weighted by Crippen LogP contribution is 2.42. The van der Waals surface area contributed by atoms with Gasteiger partial charge in [0.15, 0.2) is 5.78 Å². The van der Waals surface area contributed by atoms with Gasteiger partial charge < -0.3 is 19.5 Å². The number of imidazole rings is 1. The van der Waals surface area contributed by atoms with Crippen molar-refractivity contribution in [1.29, 1.82) is 0 Å². The fourth-order valence-corrected chi connectivity index (χ4v) is 5.72. The fraction of sp³-hybridized carbons (Fsp3) is 0.520. The number of hydrogen-bond acceptors (Lipinski definition) is 5. The minimum atomic E-state index is -0.691. The summed E-state index contributed by atoms with van der Waals surface area (Å²) in [5, 5.41) is 3.07. The summed E-state index contributed by atoms with van der Waals surface area (Å²) in [4.78, 5) is 45.5. The number of fused-ring (bicyclic) bond motifs is 1. The monoisotopic (exact) mass is 450 g/mol. The molecular formula is C25H30N4O4. The number of amides is 2. The van der Waals surface area contributed by atoms with E-state index in [1.54, 1.807) is 29.6 Å². The summed E-state index contributed by atoms with van der Waals surface area (Å²) in [5.41, 5.74) is 0.951. The number of carbonyl (C=O) groups excluding carboxylic acids is 3. The minimum Gasteiger partial charge on any atom is -0.367 e. The Kier molecular flexibility index (Phi) is 5.56. The molecule has 4 atom stereocenters. The van der Waals surface area contributed by atoms with Crippen LogP contribution in [-0.2, 0) is 14.3 Å². The van der Waals surface area contributed by atoms with Crippen LogP contribution < -0.4 is 5.32 Å². The lowest BCUT2D eigenvalue weighted by molar-refractivity contribution is -0.140. The first kappa shape index (κ1) is 21.8. The van der Waals surface area contributed by atoms with Crippen LogP contribution in [0.3, 0.4) is 0 Å². The molecule has 2 aliphatic heterocycles. The van der Waals surface area contributed by atoms with Gasteiger partial charge in [0.1, 0.15) is 18.7 Å². The van der Waals surface area contributed by atoms with Crippen LogP contribution in [-0.4, -0.2) is 63.4 Å². The van der Waals surface area contributed by atoms with Gasteiger partial charge in [0.25, 0.3) is 5.91 Å². The van der Waals surface area contributed by atoms with Crippen LogP contribution in [0.25, 0.3) is 5.69 Å². The van der Waals surface area contributed by atoms with Gasteiger partial charge >= 0.3 is 0 Å². The molecule has 0 unspecified atom stereocenters. The predicted molar refractivity (Wildman–Crippen MR) is 121 cm³/mol. The van der Waals surface area contributed by atoms with E-state index in [0.29, 0.717) is 12.1 Å². The Morgan fingerprint density at radius 3 is 2.79 bits per heavy atom. The van der Waals surface area contributed by atoms with Crippen LogP contribution in [0.5, 0.6) is 0 Å². The number of carbonyl (C=O) groups is 3. The summed E-state index contributed by atoms with van der Waals surface area (Å²) in [6.45, 7) is 4.61. The Balaban J connectivity index is 1.42. The van der Waals surface area contributed by atoms with E-state index >= 15 is 0 Å². The van der Waals surface area contributed by atoms with Gasteiger partial charge in [0, 0.05) is 36.1 Å². The van der Waals surface area contributed by atoms with Gasteiger partial charge in [-0.05, 0) is 36.5 Å². The first-order valence-corrected chi connectivity index (χ1v) is 11.7. The van der Waals surface area contributed by atoms with Crippen molar-refractivity contribution in [2.24, 2.45) is 11.3 Å². The van der Waals surface area contributed by atoms with E-state index in [9.17, 15) is 14.4 Å². The number of nitrogens with zero attached hydrogens (tertiary/aromatic N) is 3. The standard InChI is InChI=1S/C25H30N4O4/c1-16-13-29(20-19(30)14-33-21(16)20)24(32)22(25(2)8-3-4-9-25)27-23(31)17-6-5-7-18(12-17)28-11-10-26-15-28/h5-7,10-12,15-16,20-22H,3-4,8-9,13-14H2,1-2H3,(H,27,31)/t16-,20+,21+,22+/m0/s1. The smallest absolute Gasteiger partial charge is 0.252 e. The summed E-state index contributed by atoms with van der Waals surface area (Å²) in [5.74, 6) is -0.421. The average molecular weight is 451 g/mol. The normalized spacial score (nSPS) is 26.9. The highest BCUT2D eigenvalue weighted by Gasteiger charge is 2.54. The van der Waals surface area contributed by atoms with Crippen LogP contribution in [0, 0.1) is 11.3 Å². The molecule has 2 aromatic rings. The third-order valence-electron chi connectivity index (χ3n) is 7.60. The second-order valence-corrected chi connectivity index (χ2v) is 9.94. The molecule has 1 aliphatic carbocycles. The fourth-order valence-electron chi connectivity index (χ4n) is 5.72. The topological polar surface area (TPSA) is 93.5 Å². The van der Waals surface area contributed by atoms with Gasteiger partial charge in [0.05, 0.1) is 12.4 Å². The molecule has 0 radical (unpaired) electrons. The molecule has 0 bridgehead atoms. The van der Waals surface area contributed by atoms with Gasteiger partial charge in [-0.25, -0.2) is 4.98 Å². The molecule has 0 spiro atoms. The highest BCUT2D eigenvalue weighted by molar-refractivity contribution is 6.00. The molecule has 174 valence electrons. The lowest BCUT2D eigenvalue weighted by atomic mass is 9.79. The summed E-state index contributed by atoms with van der Waals surface area (Å²) in [7, 11) is 0. The van der Waals surface area contributed by atoms with Crippen molar-refractivity contribution in [3.63, 3.8) is 0 Å². The zero-order chi connectivity index (χ0) is 23.2. The van der Waals surface area contributed by atoms with Crippen LogP contribution in [0.2, 0.25) is 0 Å².